The van der Waals surface area contributed by atoms with Crippen LogP contribution in [0.2, 0.25) is 0 Å². The monoisotopic (exact) mass is 451 g/mol. The number of hydrogen-bond donors (Lipinski definition) is 1. The molecule has 1 N–H and O–H groups in total. The fourth-order valence-electron chi connectivity index (χ4n) is 2.42. The molecule has 0 radical (unpaired) electrons. The second-order valence-corrected chi connectivity index (χ2v) is 7.40. The largest absolute Gasteiger partial charge is 0.481 e. The highest BCUT2D eigenvalue weighted by molar-refractivity contribution is 14.1. The number of carbonyl (C=O) groups is 2. The smallest absolute Gasteiger partial charge is 0.311 e. The van der Waals surface area contributed by atoms with E-state index in [1.807, 2.05) is 12.1 Å². The molecule has 1 aliphatic heterocycles. The molecule has 1 aromatic carbocycles. The molecule has 1 unspecified atom stereocenters. The summed E-state index contributed by atoms with van der Waals surface area (Å²) in [5.41, 5.74) is -0.222. The zero-order valence-electron chi connectivity index (χ0n) is 11.0. The Labute approximate surface area is 139 Å². The highest BCUT2D eigenvalue weighted by Gasteiger charge is 2.39. The number of piperidine rings is 1. The molecule has 0 aromatic heterocycles. The molecule has 6 heteroatoms. The van der Waals surface area contributed by atoms with Crippen LogP contribution in [-0.4, -0.2) is 35.0 Å². The van der Waals surface area contributed by atoms with E-state index in [0.29, 0.717) is 18.5 Å². The summed E-state index contributed by atoms with van der Waals surface area (Å²) in [6.45, 7) is 2.59. The summed E-state index contributed by atoms with van der Waals surface area (Å²) >= 11 is 5.49. The van der Waals surface area contributed by atoms with E-state index in [2.05, 4.69) is 38.5 Å². The van der Waals surface area contributed by atoms with E-state index in [1.165, 1.54) is 0 Å². The molecule has 1 aromatic rings. The Morgan fingerprint density at radius 1 is 1.45 bits per heavy atom. The number of amides is 1. The maximum Gasteiger partial charge on any atom is 0.311 e. The number of carboxylic acid groups (broad SMARTS) is 1. The Kier molecular flexibility index (Phi) is 4.73. The Morgan fingerprint density at radius 3 is 2.80 bits per heavy atom. The lowest BCUT2D eigenvalue weighted by molar-refractivity contribution is -0.150. The van der Waals surface area contributed by atoms with Crippen molar-refractivity contribution in [3.05, 3.63) is 31.8 Å². The standard InChI is InChI=1S/C14H15BrINO3/c1-14(13(19)20)5-2-6-17(8-14)12(18)10-7-9(15)3-4-11(10)16/h3-4,7H,2,5-6,8H2,1H3,(H,19,20). The van der Waals surface area contributed by atoms with Gasteiger partial charge >= 0.3 is 5.97 Å². The first-order valence-corrected chi connectivity index (χ1v) is 8.18. The van der Waals surface area contributed by atoms with Gasteiger partial charge in [0.05, 0.1) is 11.0 Å². The quantitative estimate of drug-likeness (QED) is 0.701. The van der Waals surface area contributed by atoms with Crippen LogP contribution in [0.25, 0.3) is 0 Å². The van der Waals surface area contributed by atoms with Crippen LogP contribution >= 0.6 is 38.5 Å². The van der Waals surface area contributed by atoms with Crippen LogP contribution in [0.15, 0.2) is 22.7 Å². The summed E-state index contributed by atoms with van der Waals surface area (Å²) in [5.74, 6) is -0.929. The average Bonchev–Trinajstić information content (AvgIpc) is 2.40. The van der Waals surface area contributed by atoms with Crippen LogP contribution in [0, 0.1) is 8.99 Å². The fourth-order valence-corrected chi connectivity index (χ4v) is 3.35. The fraction of sp³-hybridized carbons (Fsp3) is 0.429. The molecule has 1 amide bonds. The van der Waals surface area contributed by atoms with Gasteiger partial charge in [0.15, 0.2) is 0 Å². The maximum atomic E-state index is 12.6. The minimum atomic E-state index is -0.842. The molecule has 1 heterocycles. The number of hydrogen-bond acceptors (Lipinski definition) is 2. The Bertz CT molecular complexity index is 563. The summed E-state index contributed by atoms with van der Waals surface area (Å²) in [7, 11) is 0. The minimum Gasteiger partial charge on any atom is -0.481 e. The molecule has 20 heavy (non-hydrogen) atoms. The van der Waals surface area contributed by atoms with Crippen LogP contribution in [0.1, 0.15) is 30.1 Å². The molecule has 1 atom stereocenters. The van der Waals surface area contributed by atoms with Crippen LogP contribution in [0.3, 0.4) is 0 Å². The number of aliphatic carboxylic acids is 1. The molecule has 2 rings (SSSR count). The zero-order valence-corrected chi connectivity index (χ0v) is 14.8. The number of carbonyl (C=O) groups excluding carboxylic acids is 1. The number of likely N-dealkylation sites (tertiary alicyclic amines) is 1. The number of nitrogens with zero attached hydrogens (tertiary/aromatic N) is 1. The molecule has 108 valence electrons. The van der Waals surface area contributed by atoms with E-state index in [0.717, 1.165) is 14.5 Å². The first-order chi connectivity index (χ1) is 9.33. The van der Waals surface area contributed by atoms with Crippen LogP contribution in [-0.2, 0) is 4.79 Å². The van der Waals surface area contributed by atoms with Crippen molar-refractivity contribution in [1.29, 1.82) is 0 Å². The highest BCUT2D eigenvalue weighted by Crippen LogP contribution is 2.31. The summed E-state index contributed by atoms with van der Waals surface area (Å²) < 4.78 is 1.72. The summed E-state index contributed by atoms with van der Waals surface area (Å²) in [6, 6.07) is 5.55. The maximum absolute atomic E-state index is 12.6. The van der Waals surface area contributed by atoms with Crippen molar-refractivity contribution < 1.29 is 14.7 Å². The topological polar surface area (TPSA) is 57.6 Å². The van der Waals surface area contributed by atoms with E-state index >= 15 is 0 Å². The normalized spacial score (nSPS) is 22.6. The number of carboxylic acids is 1. The van der Waals surface area contributed by atoms with E-state index in [-0.39, 0.29) is 12.5 Å². The van der Waals surface area contributed by atoms with Gasteiger partial charge in [0.1, 0.15) is 0 Å². The predicted octanol–water partition coefficient (Wildman–Crippen LogP) is 3.38. The molecule has 1 aliphatic rings. The van der Waals surface area contributed by atoms with Gasteiger partial charge in [0, 0.05) is 21.1 Å². The van der Waals surface area contributed by atoms with Crippen molar-refractivity contribution in [1.82, 2.24) is 4.90 Å². The third-order valence-corrected chi connectivity index (χ3v) is 5.09. The van der Waals surface area contributed by atoms with E-state index < -0.39 is 11.4 Å². The SMILES string of the molecule is CC1(C(=O)O)CCCN(C(=O)c2cc(Br)ccc2I)C1. The lowest BCUT2D eigenvalue weighted by Gasteiger charge is -2.37. The van der Waals surface area contributed by atoms with Gasteiger partial charge in [-0.2, -0.15) is 0 Å². The van der Waals surface area contributed by atoms with Gasteiger partial charge < -0.3 is 10.0 Å². The van der Waals surface area contributed by atoms with Crippen molar-refractivity contribution >= 4 is 50.4 Å². The number of rotatable bonds is 2. The van der Waals surface area contributed by atoms with Crippen molar-refractivity contribution in [2.24, 2.45) is 5.41 Å². The lowest BCUT2D eigenvalue weighted by atomic mass is 9.82. The molecule has 0 spiro atoms. The second kappa shape index (κ2) is 6.01. The van der Waals surface area contributed by atoms with Gasteiger partial charge in [-0.1, -0.05) is 15.9 Å². The van der Waals surface area contributed by atoms with Gasteiger partial charge in [-0.05, 0) is 60.6 Å². The van der Waals surface area contributed by atoms with Crippen molar-refractivity contribution in [3.63, 3.8) is 0 Å². The van der Waals surface area contributed by atoms with Gasteiger partial charge in [0.25, 0.3) is 5.91 Å². The summed E-state index contributed by atoms with van der Waals surface area (Å²) in [6.07, 6.45) is 1.33. The zero-order chi connectivity index (χ0) is 14.9. The Balaban J connectivity index is 2.25. The summed E-state index contributed by atoms with van der Waals surface area (Å²) in [4.78, 5) is 25.6. The van der Waals surface area contributed by atoms with Crippen molar-refractivity contribution in [2.75, 3.05) is 13.1 Å². The molecular weight excluding hydrogens is 437 g/mol. The van der Waals surface area contributed by atoms with Crippen molar-refractivity contribution in [3.8, 4) is 0 Å². The second-order valence-electron chi connectivity index (χ2n) is 5.32. The van der Waals surface area contributed by atoms with Gasteiger partial charge in [-0.3, -0.25) is 9.59 Å². The van der Waals surface area contributed by atoms with Crippen molar-refractivity contribution in [2.45, 2.75) is 19.8 Å². The molecule has 0 bridgehead atoms. The van der Waals surface area contributed by atoms with E-state index in [4.69, 9.17) is 0 Å². The van der Waals surface area contributed by atoms with E-state index in [9.17, 15) is 14.7 Å². The molecular formula is C14H15BrINO3. The molecule has 1 fully saturated rings. The molecule has 1 saturated heterocycles. The van der Waals surface area contributed by atoms with Gasteiger partial charge in [-0.25, -0.2) is 0 Å². The molecule has 0 saturated carbocycles. The third-order valence-electron chi connectivity index (χ3n) is 3.66. The third kappa shape index (κ3) is 3.16. The Morgan fingerprint density at radius 2 is 2.15 bits per heavy atom. The number of benzene rings is 1. The first kappa shape index (κ1) is 15.8. The Hall–Kier alpha value is -0.630. The van der Waals surface area contributed by atoms with Gasteiger partial charge in [-0.15, -0.1) is 0 Å². The summed E-state index contributed by atoms with van der Waals surface area (Å²) in [5, 5.41) is 9.32. The van der Waals surface area contributed by atoms with Crippen LogP contribution in [0.4, 0.5) is 0 Å². The van der Waals surface area contributed by atoms with E-state index in [1.54, 1.807) is 17.9 Å². The number of halogens is 2. The molecule has 4 nitrogen and oxygen atoms in total. The lowest BCUT2D eigenvalue weighted by Crippen LogP contribution is -2.48. The first-order valence-electron chi connectivity index (χ1n) is 6.31. The molecule has 0 aliphatic carbocycles. The predicted molar refractivity (Wildman–Crippen MR) is 87.7 cm³/mol. The minimum absolute atomic E-state index is 0.0946. The van der Waals surface area contributed by atoms with Crippen LogP contribution in [0.5, 0.6) is 0 Å². The van der Waals surface area contributed by atoms with Gasteiger partial charge in [0.2, 0.25) is 0 Å². The highest BCUT2D eigenvalue weighted by atomic mass is 127. The average molecular weight is 452 g/mol. The van der Waals surface area contributed by atoms with Crippen LogP contribution < -0.4 is 0 Å².